The van der Waals surface area contributed by atoms with E-state index in [1.54, 1.807) is 20.8 Å². The van der Waals surface area contributed by atoms with Crippen LogP contribution in [0, 0.1) is 17.2 Å². The quantitative estimate of drug-likeness (QED) is 0.679. The van der Waals surface area contributed by atoms with Crippen molar-refractivity contribution < 1.29 is 28.6 Å². The molecule has 0 saturated heterocycles. The van der Waals surface area contributed by atoms with Crippen molar-refractivity contribution in [2.24, 2.45) is 5.92 Å². The number of aromatic nitrogens is 2. The molecule has 1 aromatic rings. The number of esters is 2. The number of nitriles is 1. The highest BCUT2D eigenvalue weighted by Gasteiger charge is 2.59. The van der Waals surface area contributed by atoms with Crippen molar-refractivity contribution in [3.8, 4) is 6.07 Å². The van der Waals surface area contributed by atoms with Crippen molar-refractivity contribution in [3.05, 3.63) is 23.5 Å². The summed E-state index contributed by atoms with van der Waals surface area (Å²) in [4.78, 5) is 38.4. The van der Waals surface area contributed by atoms with Crippen LogP contribution in [-0.4, -0.2) is 47.3 Å². The zero-order valence-corrected chi connectivity index (χ0v) is 16.1. The Hall–Kier alpha value is -3.19. The number of carbonyl (C=O) groups excluding carboxylic acids is 3. The first kappa shape index (κ1) is 21.1. The van der Waals surface area contributed by atoms with Crippen molar-refractivity contribution in [3.63, 3.8) is 0 Å². The maximum absolute atomic E-state index is 13.1. The zero-order chi connectivity index (χ0) is 20.9. The van der Waals surface area contributed by atoms with E-state index in [1.807, 2.05) is 6.07 Å². The third kappa shape index (κ3) is 3.36. The molecule has 0 aromatic carbocycles. The second-order valence-corrected chi connectivity index (χ2v) is 5.77. The molecule has 0 saturated carbocycles. The van der Waals surface area contributed by atoms with Crippen LogP contribution in [0.2, 0.25) is 0 Å². The van der Waals surface area contributed by atoms with E-state index in [2.05, 4.69) is 10.4 Å². The molecule has 2 heterocycles. The molecule has 2 unspecified atom stereocenters. The van der Waals surface area contributed by atoms with Gasteiger partial charge in [-0.3, -0.25) is 9.59 Å². The molecule has 0 amide bonds. The van der Waals surface area contributed by atoms with Crippen LogP contribution in [-0.2, 0) is 34.3 Å². The Morgan fingerprint density at radius 1 is 1.25 bits per heavy atom. The highest BCUT2D eigenvalue weighted by molar-refractivity contribution is 6.02. The molecule has 10 heteroatoms. The van der Waals surface area contributed by atoms with Crippen molar-refractivity contribution >= 4 is 23.5 Å². The van der Waals surface area contributed by atoms with Crippen LogP contribution in [0.4, 0.5) is 5.82 Å². The Morgan fingerprint density at radius 3 is 2.46 bits per heavy atom. The second kappa shape index (κ2) is 8.67. The minimum Gasteiger partial charge on any atom is -0.465 e. The maximum atomic E-state index is 13.1. The van der Waals surface area contributed by atoms with Crippen molar-refractivity contribution in [2.45, 2.75) is 33.4 Å². The molecular weight excluding hydrogens is 368 g/mol. The lowest BCUT2D eigenvalue weighted by atomic mass is 9.86. The monoisotopic (exact) mass is 390 g/mol. The van der Waals surface area contributed by atoms with Crippen LogP contribution in [0.25, 0.3) is 0 Å². The predicted molar refractivity (Wildman–Crippen MR) is 95.7 cm³/mol. The Bertz CT molecular complexity index is 853. The fourth-order valence-electron chi connectivity index (χ4n) is 3.06. The van der Waals surface area contributed by atoms with Crippen molar-refractivity contribution in [1.29, 1.82) is 5.26 Å². The van der Waals surface area contributed by atoms with Crippen LogP contribution in [0.5, 0.6) is 0 Å². The number of Topliss-reactive ketones (excluding diaryl/α,β-unsaturated/α-hetero) is 1. The number of nitrogens with zero attached hydrogens (tertiary/aromatic N) is 3. The van der Waals surface area contributed by atoms with Crippen molar-refractivity contribution in [1.82, 2.24) is 9.78 Å². The average molecular weight is 390 g/mol. The van der Waals surface area contributed by atoms with E-state index in [-0.39, 0.29) is 36.8 Å². The smallest absolute Gasteiger partial charge is 0.363 e. The van der Waals surface area contributed by atoms with E-state index in [9.17, 15) is 19.6 Å². The van der Waals surface area contributed by atoms with Gasteiger partial charge in [0.05, 0.1) is 19.4 Å². The van der Waals surface area contributed by atoms with Gasteiger partial charge in [0.1, 0.15) is 23.4 Å². The van der Waals surface area contributed by atoms with Crippen LogP contribution in [0.1, 0.15) is 33.3 Å². The summed E-state index contributed by atoms with van der Waals surface area (Å²) in [6.45, 7) is 6.07. The van der Waals surface area contributed by atoms with Crippen LogP contribution in [0.15, 0.2) is 18.0 Å². The summed E-state index contributed by atoms with van der Waals surface area (Å²) < 4.78 is 17.2. The Kier molecular flexibility index (Phi) is 6.53. The molecule has 2 rings (SSSR count). The number of anilines is 1. The molecule has 10 nitrogen and oxygen atoms in total. The van der Waals surface area contributed by atoms with Gasteiger partial charge in [-0.25, -0.2) is 9.48 Å². The fourth-order valence-corrected chi connectivity index (χ4v) is 3.06. The third-order valence-electron chi connectivity index (χ3n) is 4.13. The molecule has 0 spiro atoms. The lowest BCUT2D eigenvalue weighted by molar-refractivity contribution is -0.207. The average Bonchev–Trinajstić information content (AvgIpc) is 3.00. The molecule has 28 heavy (non-hydrogen) atoms. The summed E-state index contributed by atoms with van der Waals surface area (Å²) in [7, 11) is 0. The molecular formula is C18H22N4O6. The van der Waals surface area contributed by atoms with Crippen LogP contribution in [0.3, 0.4) is 0 Å². The standard InChI is InChI=1S/C18H22N4O6/c1-5-26-16(24)14-13(11(4)23)10-20-15-12(8-19)9-21-22(15)18(14,28-7-3)17(25)27-6-2/h9-10,14,20H,5-7H2,1-4H3. The van der Waals surface area contributed by atoms with Gasteiger partial charge in [-0.05, 0) is 27.7 Å². The van der Waals surface area contributed by atoms with Gasteiger partial charge in [-0.2, -0.15) is 10.4 Å². The van der Waals surface area contributed by atoms with Gasteiger partial charge < -0.3 is 19.5 Å². The highest BCUT2D eigenvalue weighted by atomic mass is 16.6. The number of fused-ring (bicyclic) bond motifs is 1. The van der Waals surface area contributed by atoms with Gasteiger partial charge in [0, 0.05) is 18.4 Å². The number of hydrogen-bond donors (Lipinski definition) is 1. The number of hydrogen-bond acceptors (Lipinski definition) is 9. The Labute approximate surface area is 162 Å². The van der Waals surface area contributed by atoms with Crippen molar-refractivity contribution in [2.75, 3.05) is 25.1 Å². The summed E-state index contributed by atoms with van der Waals surface area (Å²) >= 11 is 0. The minimum absolute atomic E-state index is 0.00252. The topological polar surface area (TPSA) is 133 Å². The number of rotatable bonds is 7. The first-order valence-corrected chi connectivity index (χ1v) is 8.82. The normalized spacial score (nSPS) is 20.7. The lowest BCUT2D eigenvalue weighted by Gasteiger charge is -2.36. The molecule has 0 bridgehead atoms. The second-order valence-electron chi connectivity index (χ2n) is 5.77. The molecule has 0 fully saturated rings. The first-order valence-electron chi connectivity index (χ1n) is 8.82. The van der Waals surface area contributed by atoms with Gasteiger partial charge in [-0.15, -0.1) is 0 Å². The van der Waals surface area contributed by atoms with Gasteiger partial charge >= 0.3 is 11.9 Å². The van der Waals surface area contributed by atoms with Gasteiger partial charge in [0.2, 0.25) is 0 Å². The number of nitrogens with one attached hydrogen (secondary N) is 1. The first-order chi connectivity index (χ1) is 13.4. The summed E-state index contributed by atoms with van der Waals surface area (Å²) in [6, 6.07) is 1.94. The SMILES string of the molecule is CCOC(=O)C1C(C(C)=O)=CNc2c(C#N)cnn2C1(OCC)C(=O)OCC. The number of carbonyl (C=O) groups is 3. The molecule has 0 aliphatic carbocycles. The molecule has 150 valence electrons. The summed E-state index contributed by atoms with van der Waals surface area (Å²) in [5, 5.41) is 16.3. The van der Waals surface area contributed by atoms with Gasteiger partial charge in [0.15, 0.2) is 5.78 Å². The van der Waals surface area contributed by atoms with Gasteiger partial charge in [-0.1, -0.05) is 0 Å². The summed E-state index contributed by atoms with van der Waals surface area (Å²) in [6.07, 6.45) is 2.49. The molecule has 1 aliphatic heterocycles. The van der Waals surface area contributed by atoms with E-state index in [0.29, 0.717) is 0 Å². The largest absolute Gasteiger partial charge is 0.465 e. The Morgan fingerprint density at radius 2 is 1.93 bits per heavy atom. The lowest BCUT2D eigenvalue weighted by Crippen LogP contribution is -2.56. The zero-order valence-electron chi connectivity index (χ0n) is 16.1. The molecule has 2 atom stereocenters. The van der Waals surface area contributed by atoms with Gasteiger partial charge in [0.25, 0.3) is 5.72 Å². The van der Waals surface area contributed by atoms with E-state index >= 15 is 0 Å². The number of ether oxygens (including phenoxy) is 3. The molecule has 1 aliphatic rings. The Balaban J connectivity index is 2.90. The van der Waals surface area contributed by atoms with Crippen LogP contribution < -0.4 is 5.32 Å². The molecule has 1 aromatic heterocycles. The molecule has 0 radical (unpaired) electrons. The summed E-state index contributed by atoms with van der Waals surface area (Å²) in [5.41, 5.74) is -2.13. The maximum Gasteiger partial charge on any atom is 0.363 e. The van der Waals surface area contributed by atoms with E-state index in [1.165, 1.54) is 19.3 Å². The summed E-state index contributed by atoms with van der Waals surface area (Å²) in [5.74, 6) is -3.67. The van der Waals surface area contributed by atoms with E-state index in [4.69, 9.17) is 14.2 Å². The molecule has 1 N–H and O–H groups in total. The predicted octanol–water partition coefficient (Wildman–Crippen LogP) is 1.08. The minimum atomic E-state index is -2.16. The third-order valence-corrected chi connectivity index (χ3v) is 4.13. The highest BCUT2D eigenvalue weighted by Crippen LogP contribution is 2.41. The van der Waals surface area contributed by atoms with E-state index < -0.39 is 29.4 Å². The number of ketones is 1. The van der Waals surface area contributed by atoms with Crippen LogP contribution >= 0.6 is 0 Å². The van der Waals surface area contributed by atoms with E-state index in [0.717, 1.165) is 4.68 Å². The fraction of sp³-hybridized carbons (Fsp3) is 0.500.